The quantitative estimate of drug-likeness (QED) is 0.661. The van der Waals surface area contributed by atoms with E-state index in [0.29, 0.717) is 6.61 Å². The third-order valence-corrected chi connectivity index (χ3v) is 3.33. The lowest BCUT2D eigenvalue weighted by Gasteiger charge is -2.27. The summed E-state index contributed by atoms with van der Waals surface area (Å²) in [6.07, 6.45) is 0. The highest BCUT2D eigenvalue weighted by Gasteiger charge is 2.25. The zero-order chi connectivity index (χ0) is 11.2. The first-order chi connectivity index (χ1) is 6.39. The highest BCUT2D eigenvalue weighted by atomic mass is 32.2. The van der Waals surface area contributed by atoms with Crippen molar-refractivity contribution in [3.8, 4) is 0 Å². The molecule has 0 aromatic rings. The Morgan fingerprint density at radius 1 is 1.36 bits per heavy atom. The minimum absolute atomic E-state index is 0.0692. The Morgan fingerprint density at radius 3 is 2.29 bits per heavy atom. The van der Waals surface area contributed by atoms with Crippen molar-refractivity contribution in [1.82, 2.24) is 4.72 Å². The van der Waals surface area contributed by atoms with Crippen LogP contribution in [0.1, 0.15) is 13.8 Å². The Hall–Kier alpha value is -0.170. The van der Waals surface area contributed by atoms with E-state index in [2.05, 4.69) is 4.72 Å². The molecule has 86 valence electrons. The van der Waals surface area contributed by atoms with Crippen molar-refractivity contribution in [2.75, 3.05) is 33.1 Å². The van der Waals surface area contributed by atoms with Crippen molar-refractivity contribution >= 4 is 10.0 Å². The van der Waals surface area contributed by atoms with E-state index in [1.807, 2.05) is 0 Å². The van der Waals surface area contributed by atoms with Gasteiger partial charge in [0.25, 0.3) is 0 Å². The summed E-state index contributed by atoms with van der Waals surface area (Å²) in [4.78, 5) is 0. The molecule has 0 aromatic carbocycles. The van der Waals surface area contributed by atoms with Crippen LogP contribution in [0.4, 0.5) is 0 Å². The minimum Gasteiger partial charge on any atom is -0.382 e. The van der Waals surface area contributed by atoms with Crippen LogP contribution in [-0.4, -0.2) is 47.1 Å². The number of hydrogen-bond donors (Lipinski definition) is 1. The van der Waals surface area contributed by atoms with Gasteiger partial charge >= 0.3 is 0 Å². The molecule has 5 nitrogen and oxygen atoms in total. The highest BCUT2D eigenvalue weighted by molar-refractivity contribution is 7.89. The number of ether oxygens (including phenoxy) is 2. The first-order valence-electron chi connectivity index (χ1n) is 4.40. The van der Waals surface area contributed by atoms with Crippen LogP contribution in [0.3, 0.4) is 0 Å². The minimum atomic E-state index is -3.17. The summed E-state index contributed by atoms with van der Waals surface area (Å²) in [5.41, 5.74) is -0.614. The average molecular weight is 225 g/mol. The van der Waals surface area contributed by atoms with E-state index in [1.165, 1.54) is 7.11 Å². The number of nitrogens with one attached hydrogen (secondary N) is 1. The summed E-state index contributed by atoms with van der Waals surface area (Å²) in [5, 5.41) is 0. The lowest BCUT2D eigenvalue weighted by molar-refractivity contribution is -0.0460. The Morgan fingerprint density at radius 2 is 1.93 bits per heavy atom. The van der Waals surface area contributed by atoms with E-state index in [4.69, 9.17) is 9.47 Å². The van der Waals surface area contributed by atoms with Crippen molar-refractivity contribution in [2.45, 2.75) is 19.4 Å². The van der Waals surface area contributed by atoms with E-state index < -0.39 is 15.6 Å². The maximum atomic E-state index is 11.2. The van der Waals surface area contributed by atoms with Gasteiger partial charge in [0.05, 0.1) is 12.4 Å². The van der Waals surface area contributed by atoms with Crippen LogP contribution in [0.15, 0.2) is 0 Å². The van der Waals surface area contributed by atoms with Crippen LogP contribution in [0.2, 0.25) is 0 Å². The third-order valence-electron chi connectivity index (χ3n) is 1.99. The fourth-order valence-corrected chi connectivity index (χ4v) is 1.58. The molecule has 0 radical (unpaired) electrons. The molecule has 6 heteroatoms. The lowest BCUT2D eigenvalue weighted by atomic mass is 10.1. The SMILES string of the molecule is CCS(=O)(=O)NC[C@@](C)(COC)OC. The van der Waals surface area contributed by atoms with Gasteiger partial charge in [-0.3, -0.25) is 0 Å². The van der Waals surface area contributed by atoms with Crippen molar-refractivity contribution in [3.05, 3.63) is 0 Å². The smallest absolute Gasteiger partial charge is 0.211 e. The Bertz CT molecular complexity index is 252. The van der Waals surface area contributed by atoms with Crippen molar-refractivity contribution in [3.63, 3.8) is 0 Å². The second-order valence-electron chi connectivity index (χ2n) is 3.31. The molecule has 0 unspecified atom stereocenters. The maximum absolute atomic E-state index is 11.2. The van der Waals surface area contributed by atoms with Crippen LogP contribution in [-0.2, 0) is 19.5 Å². The first-order valence-corrected chi connectivity index (χ1v) is 6.06. The molecule has 1 atom stereocenters. The van der Waals surface area contributed by atoms with Gasteiger partial charge in [-0.2, -0.15) is 0 Å². The predicted octanol–water partition coefficient (Wildman–Crippen LogP) is -0.0228. The van der Waals surface area contributed by atoms with Gasteiger partial charge < -0.3 is 9.47 Å². The highest BCUT2D eigenvalue weighted by Crippen LogP contribution is 2.08. The molecule has 0 heterocycles. The van der Waals surface area contributed by atoms with Crippen LogP contribution < -0.4 is 4.72 Å². The van der Waals surface area contributed by atoms with Crippen LogP contribution >= 0.6 is 0 Å². The molecule has 0 saturated carbocycles. The van der Waals surface area contributed by atoms with Crippen LogP contribution in [0, 0.1) is 0 Å². The molecule has 0 bridgehead atoms. The van der Waals surface area contributed by atoms with Gasteiger partial charge in [0.1, 0.15) is 5.60 Å². The van der Waals surface area contributed by atoms with E-state index >= 15 is 0 Å². The summed E-state index contributed by atoms with van der Waals surface area (Å²) in [6.45, 7) is 3.93. The number of rotatable bonds is 7. The summed E-state index contributed by atoms with van der Waals surface area (Å²) in [5.74, 6) is 0.0692. The average Bonchev–Trinajstić information content (AvgIpc) is 2.16. The van der Waals surface area contributed by atoms with Gasteiger partial charge in [-0.1, -0.05) is 0 Å². The molecular formula is C8H19NO4S. The molecule has 0 aliphatic carbocycles. The predicted molar refractivity (Wildman–Crippen MR) is 54.8 cm³/mol. The number of hydrogen-bond acceptors (Lipinski definition) is 4. The van der Waals surface area contributed by atoms with E-state index in [9.17, 15) is 8.42 Å². The lowest BCUT2D eigenvalue weighted by Crippen LogP contribution is -2.45. The van der Waals surface area contributed by atoms with Crippen molar-refractivity contribution in [2.24, 2.45) is 0 Å². The fourth-order valence-electron chi connectivity index (χ4n) is 0.852. The molecule has 0 aliphatic heterocycles. The zero-order valence-electron chi connectivity index (χ0n) is 9.16. The first kappa shape index (κ1) is 13.8. The largest absolute Gasteiger partial charge is 0.382 e. The zero-order valence-corrected chi connectivity index (χ0v) is 9.98. The fraction of sp³-hybridized carbons (Fsp3) is 1.00. The third kappa shape index (κ3) is 4.90. The van der Waals surface area contributed by atoms with Crippen LogP contribution in [0.5, 0.6) is 0 Å². The number of sulfonamides is 1. The standard InChI is InChI=1S/C8H19NO4S/c1-5-14(10,11)9-6-8(2,13-4)7-12-3/h9H,5-7H2,1-4H3/t8-/m0/s1. The monoisotopic (exact) mass is 225 g/mol. The van der Waals surface area contributed by atoms with E-state index in [-0.39, 0.29) is 12.3 Å². The molecule has 0 aliphatic rings. The van der Waals surface area contributed by atoms with Gasteiger partial charge in [0.15, 0.2) is 0 Å². The van der Waals surface area contributed by atoms with Gasteiger partial charge in [-0.15, -0.1) is 0 Å². The summed E-state index contributed by atoms with van der Waals surface area (Å²) in [7, 11) is -0.0924. The van der Waals surface area contributed by atoms with Gasteiger partial charge in [-0.05, 0) is 13.8 Å². The van der Waals surface area contributed by atoms with Crippen molar-refractivity contribution < 1.29 is 17.9 Å². The maximum Gasteiger partial charge on any atom is 0.211 e. The van der Waals surface area contributed by atoms with Gasteiger partial charge in [0, 0.05) is 20.8 Å². The number of methoxy groups -OCH3 is 2. The van der Waals surface area contributed by atoms with E-state index in [1.54, 1.807) is 21.0 Å². The Balaban J connectivity index is 4.21. The summed E-state index contributed by atoms with van der Waals surface area (Å²) >= 11 is 0. The van der Waals surface area contributed by atoms with Gasteiger partial charge in [0.2, 0.25) is 10.0 Å². The Labute approximate surface area is 85.8 Å². The molecule has 0 spiro atoms. The molecule has 0 aromatic heterocycles. The Kier molecular flexibility index (Phi) is 5.58. The second kappa shape index (κ2) is 5.65. The van der Waals surface area contributed by atoms with Crippen molar-refractivity contribution in [1.29, 1.82) is 0 Å². The molecule has 14 heavy (non-hydrogen) atoms. The van der Waals surface area contributed by atoms with Gasteiger partial charge in [-0.25, -0.2) is 13.1 Å². The molecule has 0 amide bonds. The normalized spacial score (nSPS) is 16.6. The topological polar surface area (TPSA) is 64.6 Å². The van der Waals surface area contributed by atoms with E-state index in [0.717, 1.165) is 0 Å². The molecule has 0 saturated heterocycles. The summed E-state index contributed by atoms with van der Waals surface area (Å²) in [6, 6.07) is 0. The molecule has 0 fully saturated rings. The van der Waals surface area contributed by atoms with Crippen LogP contribution in [0.25, 0.3) is 0 Å². The summed E-state index contributed by atoms with van der Waals surface area (Å²) < 4.78 is 34.9. The molecular weight excluding hydrogens is 206 g/mol. The molecule has 1 N–H and O–H groups in total. The molecule has 0 rings (SSSR count). The second-order valence-corrected chi connectivity index (χ2v) is 5.41.